The van der Waals surface area contributed by atoms with Crippen molar-refractivity contribution >= 4 is 9.84 Å². The highest BCUT2D eigenvalue weighted by atomic mass is 32.2. The number of likely N-dealkylation sites (N-methyl/N-ethyl adjacent to an activating group) is 1. The van der Waals surface area contributed by atoms with Gasteiger partial charge in [-0.2, -0.15) is 0 Å². The summed E-state index contributed by atoms with van der Waals surface area (Å²) in [7, 11) is -0.951. The molecule has 0 aromatic carbocycles. The summed E-state index contributed by atoms with van der Waals surface area (Å²) in [6, 6.07) is 3.75. The highest BCUT2D eigenvalue weighted by molar-refractivity contribution is 7.91. The molecule has 1 N–H and O–H groups in total. The minimum Gasteiger partial charge on any atom is -0.458 e. The van der Waals surface area contributed by atoms with Crippen molar-refractivity contribution in [3.8, 4) is 11.6 Å². The zero-order valence-electron chi connectivity index (χ0n) is 14.6. The highest BCUT2D eigenvalue weighted by Crippen LogP contribution is 2.20. The number of sulfone groups is 1. The zero-order valence-corrected chi connectivity index (χ0v) is 15.4. The van der Waals surface area contributed by atoms with Crippen LogP contribution < -0.4 is 0 Å². The molecule has 0 bridgehead atoms. The fraction of sp³-hybridized carbons (Fsp3) is 0.625. The smallest absolute Gasteiger partial charge is 0.217 e. The number of aliphatic hydroxyl groups is 1. The van der Waals surface area contributed by atoms with Gasteiger partial charge in [0.2, 0.25) is 5.82 Å². The van der Waals surface area contributed by atoms with E-state index in [4.69, 9.17) is 4.42 Å². The first-order valence-corrected chi connectivity index (χ1v) is 10.2. The van der Waals surface area contributed by atoms with Crippen LogP contribution in [0.4, 0.5) is 0 Å². The molecule has 3 heterocycles. The molecule has 0 radical (unpaired) electrons. The van der Waals surface area contributed by atoms with Crippen LogP contribution in [-0.2, 0) is 22.8 Å². The summed E-state index contributed by atoms with van der Waals surface area (Å²) >= 11 is 0. The molecule has 138 valence electrons. The van der Waals surface area contributed by atoms with E-state index in [1.54, 1.807) is 4.68 Å². The zero-order chi connectivity index (χ0) is 18.0. The molecule has 2 aromatic heterocycles. The van der Waals surface area contributed by atoms with E-state index in [1.165, 1.54) is 0 Å². The van der Waals surface area contributed by atoms with Crippen LogP contribution in [0.25, 0.3) is 11.6 Å². The Morgan fingerprint density at radius 2 is 2.24 bits per heavy atom. The Balaban J connectivity index is 1.69. The van der Waals surface area contributed by atoms with Gasteiger partial charge in [-0.1, -0.05) is 0 Å². The third kappa shape index (κ3) is 4.28. The molecule has 25 heavy (non-hydrogen) atoms. The molecule has 1 atom stereocenters. The Morgan fingerprint density at radius 3 is 2.84 bits per heavy atom. The number of rotatable bonds is 7. The van der Waals surface area contributed by atoms with Crippen molar-refractivity contribution < 1.29 is 17.9 Å². The lowest BCUT2D eigenvalue weighted by Gasteiger charge is -2.22. The molecular weight excluding hydrogens is 344 g/mol. The molecule has 0 spiro atoms. The van der Waals surface area contributed by atoms with Crippen molar-refractivity contribution in [2.45, 2.75) is 32.4 Å². The summed E-state index contributed by atoms with van der Waals surface area (Å²) in [5.74, 6) is 3.14. The van der Waals surface area contributed by atoms with E-state index in [9.17, 15) is 13.5 Å². The highest BCUT2D eigenvalue weighted by Gasteiger charge is 2.30. The van der Waals surface area contributed by atoms with Gasteiger partial charge in [-0.05, 0) is 32.5 Å². The summed E-state index contributed by atoms with van der Waals surface area (Å²) in [5, 5.41) is 13.7. The van der Waals surface area contributed by atoms with Gasteiger partial charge in [-0.25, -0.2) is 18.1 Å². The summed E-state index contributed by atoms with van der Waals surface area (Å²) in [4.78, 5) is 6.61. The largest absolute Gasteiger partial charge is 0.458 e. The normalized spacial score (nSPS) is 19.8. The Labute approximate surface area is 147 Å². The van der Waals surface area contributed by atoms with Gasteiger partial charge >= 0.3 is 0 Å². The first-order valence-electron chi connectivity index (χ1n) is 8.40. The molecule has 1 saturated heterocycles. The summed E-state index contributed by atoms with van der Waals surface area (Å²) in [6.07, 6.45) is 1.30. The van der Waals surface area contributed by atoms with Crippen molar-refractivity contribution in [3.63, 3.8) is 0 Å². The lowest BCUT2D eigenvalue weighted by Crippen LogP contribution is -2.34. The average molecular weight is 368 g/mol. The van der Waals surface area contributed by atoms with Crippen molar-refractivity contribution in [1.29, 1.82) is 0 Å². The molecule has 1 aliphatic heterocycles. The standard InChI is InChI=1S/C16H24N4O4S/c1-12-3-4-14(24-12)16-17-15(20(18-16)8-9-21)5-7-19(2)13-6-10-25(22,23)11-13/h3-4,13,21H,5-11H2,1-2H3/t13-/m0/s1. The van der Waals surface area contributed by atoms with Gasteiger partial charge in [0.25, 0.3) is 0 Å². The average Bonchev–Trinajstić information content (AvgIpc) is 3.24. The van der Waals surface area contributed by atoms with E-state index in [1.807, 2.05) is 26.1 Å². The molecule has 1 fully saturated rings. The fourth-order valence-electron chi connectivity index (χ4n) is 3.07. The first kappa shape index (κ1) is 18.1. The Hall–Kier alpha value is -1.71. The van der Waals surface area contributed by atoms with Crippen molar-refractivity contribution in [2.75, 3.05) is 31.7 Å². The van der Waals surface area contributed by atoms with Crippen LogP contribution in [0.15, 0.2) is 16.5 Å². The van der Waals surface area contributed by atoms with Crippen LogP contribution in [0, 0.1) is 6.92 Å². The van der Waals surface area contributed by atoms with Crippen LogP contribution >= 0.6 is 0 Å². The van der Waals surface area contributed by atoms with Crippen molar-refractivity contribution in [3.05, 3.63) is 23.7 Å². The van der Waals surface area contributed by atoms with Gasteiger partial charge in [0, 0.05) is 19.0 Å². The maximum atomic E-state index is 11.6. The Morgan fingerprint density at radius 1 is 1.44 bits per heavy atom. The van der Waals surface area contributed by atoms with Gasteiger partial charge < -0.3 is 14.4 Å². The van der Waals surface area contributed by atoms with Crippen LogP contribution in [0.3, 0.4) is 0 Å². The van der Waals surface area contributed by atoms with Crippen LogP contribution in [-0.4, -0.2) is 70.9 Å². The second-order valence-corrected chi connectivity index (χ2v) is 8.72. The SMILES string of the molecule is Cc1ccc(-c2nc(CCN(C)[C@H]3CCS(=O)(=O)C3)n(CCO)n2)o1. The third-order valence-corrected chi connectivity index (χ3v) is 6.29. The van der Waals surface area contributed by atoms with Gasteiger partial charge in [0.05, 0.1) is 24.7 Å². The molecule has 9 heteroatoms. The summed E-state index contributed by atoms with van der Waals surface area (Å²) < 4.78 is 30.5. The van der Waals surface area contributed by atoms with E-state index in [-0.39, 0.29) is 24.2 Å². The molecular formula is C16H24N4O4S. The maximum absolute atomic E-state index is 11.6. The summed E-state index contributed by atoms with van der Waals surface area (Å²) in [6.45, 7) is 2.88. The number of aryl methyl sites for hydroxylation is 1. The van der Waals surface area contributed by atoms with Crippen molar-refractivity contribution in [2.24, 2.45) is 0 Å². The number of hydrogen-bond acceptors (Lipinski definition) is 7. The van der Waals surface area contributed by atoms with E-state index < -0.39 is 9.84 Å². The number of nitrogens with zero attached hydrogens (tertiary/aromatic N) is 4. The lowest BCUT2D eigenvalue weighted by molar-refractivity contribution is 0.253. The Kier molecular flexibility index (Phi) is 5.26. The monoisotopic (exact) mass is 368 g/mol. The summed E-state index contributed by atoms with van der Waals surface area (Å²) in [5.41, 5.74) is 0. The van der Waals surface area contributed by atoms with Crippen LogP contribution in [0.5, 0.6) is 0 Å². The molecule has 1 aliphatic rings. The molecule has 2 aromatic rings. The minimum atomic E-state index is -2.89. The molecule has 0 aliphatic carbocycles. The van der Waals surface area contributed by atoms with Gasteiger partial charge in [-0.15, -0.1) is 5.10 Å². The number of hydrogen-bond donors (Lipinski definition) is 1. The van der Waals surface area contributed by atoms with Crippen LogP contribution in [0.1, 0.15) is 18.0 Å². The third-order valence-electron chi connectivity index (χ3n) is 4.54. The van der Waals surface area contributed by atoms with Gasteiger partial charge in [0.1, 0.15) is 11.6 Å². The molecule has 0 unspecified atom stereocenters. The lowest BCUT2D eigenvalue weighted by atomic mass is 10.2. The number of aromatic nitrogens is 3. The van der Waals surface area contributed by atoms with E-state index >= 15 is 0 Å². The molecule has 0 amide bonds. The van der Waals surface area contributed by atoms with Gasteiger partial charge in [-0.3, -0.25) is 0 Å². The maximum Gasteiger partial charge on any atom is 0.217 e. The fourth-order valence-corrected chi connectivity index (χ4v) is 4.88. The molecule has 3 rings (SSSR count). The van der Waals surface area contributed by atoms with E-state index in [2.05, 4.69) is 15.0 Å². The van der Waals surface area contributed by atoms with Crippen LogP contribution in [0.2, 0.25) is 0 Å². The van der Waals surface area contributed by atoms with Crippen molar-refractivity contribution in [1.82, 2.24) is 19.7 Å². The van der Waals surface area contributed by atoms with E-state index in [0.717, 1.165) is 11.6 Å². The quantitative estimate of drug-likeness (QED) is 0.759. The first-order chi connectivity index (χ1) is 11.9. The molecule has 0 saturated carbocycles. The number of furan rings is 1. The topological polar surface area (TPSA) is 101 Å². The second-order valence-electron chi connectivity index (χ2n) is 6.50. The minimum absolute atomic E-state index is 0.0241. The van der Waals surface area contributed by atoms with E-state index in [0.29, 0.717) is 37.5 Å². The number of aliphatic hydroxyl groups excluding tert-OH is 1. The Bertz CT molecular complexity index is 827. The molecule has 8 nitrogen and oxygen atoms in total. The predicted molar refractivity (Wildman–Crippen MR) is 92.9 cm³/mol. The predicted octanol–water partition coefficient (Wildman–Crippen LogP) is 0.500. The van der Waals surface area contributed by atoms with Gasteiger partial charge in [0.15, 0.2) is 15.6 Å². The second kappa shape index (κ2) is 7.27.